The van der Waals surface area contributed by atoms with E-state index in [4.69, 9.17) is 4.52 Å². The van der Waals surface area contributed by atoms with Gasteiger partial charge in [-0.15, -0.1) is 4.08 Å². The van der Waals surface area contributed by atoms with E-state index >= 15 is 0 Å². The molecule has 4 rings (SSSR count). The fourth-order valence-corrected chi connectivity index (χ4v) is 11.5. The Hall–Kier alpha value is -0.680. The maximum absolute atomic E-state index is 13.8. The van der Waals surface area contributed by atoms with Crippen LogP contribution in [0.2, 0.25) is 0 Å². The van der Waals surface area contributed by atoms with Crippen LogP contribution >= 0.6 is 7.52 Å². The lowest BCUT2D eigenvalue weighted by Crippen LogP contribution is -2.41. The summed E-state index contributed by atoms with van der Waals surface area (Å²) in [6.45, 7) is 4.37. The van der Waals surface area contributed by atoms with Gasteiger partial charge in [-0.1, -0.05) is 32.0 Å². The summed E-state index contributed by atoms with van der Waals surface area (Å²) < 4.78 is 46.6. The maximum Gasteiger partial charge on any atom is 0.315 e. The lowest BCUT2D eigenvalue weighted by molar-refractivity contribution is 0.129. The van der Waals surface area contributed by atoms with E-state index in [9.17, 15) is 13.0 Å². The van der Waals surface area contributed by atoms with E-state index in [1.165, 1.54) is 11.2 Å². The molecule has 1 aromatic rings. The number of nitrogens with zero attached hydrogens (tertiary/aromatic N) is 1. The Labute approximate surface area is 143 Å². The molecular formula is C17H24NO4PS. The molecule has 4 atom stereocenters. The molecule has 2 bridgehead atoms. The van der Waals surface area contributed by atoms with Gasteiger partial charge in [-0.2, -0.15) is 0 Å². The highest BCUT2D eigenvalue weighted by Crippen LogP contribution is 2.74. The van der Waals surface area contributed by atoms with Crippen molar-refractivity contribution in [2.24, 2.45) is 16.7 Å². The van der Waals surface area contributed by atoms with Crippen molar-refractivity contribution in [1.29, 1.82) is 0 Å². The first-order chi connectivity index (χ1) is 11.2. The van der Waals surface area contributed by atoms with Crippen molar-refractivity contribution >= 4 is 22.8 Å². The van der Waals surface area contributed by atoms with Crippen molar-refractivity contribution in [1.82, 2.24) is 4.08 Å². The van der Waals surface area contributed by atoms with Gasteiger partial charge in [0, 0.05) is 18.6 Å². The van der Waals surface area contributed by atoms with Crippen LogP contribution in [0.4, 0.5) is 0 Å². The van der Waals surface area contributed by atoms with E-state index in [1.54, 1.807) is 24.3 Å². The molecule has 0 N–H and O–H groups in total. The average Bonchev–Trinajstić information content (AvgIpc) is 3.02. The topological polar surface area (TPSA) is 63.7 Å². The number of hydrogen-bond donors (Lipinski definition) is 0. The van der Waals surface area contributed by atoms with Gasteiger partial charge in [-0.3, -0.25) is 4.57 Å². The minimum Gasteiger partial charge on any atom is -0.317 e. The lowest BCUT2D eigenvalue weighted by atomic mass is 9.69. The summed E-state index contributed by atoms with van der Waals surface area (Å²) in [5.74, 6) is 0.579. The fourth-order valence-electron chi connectivity index (χ4n) is 5.53. The highest BCUT2D eigenvalue weighted by molar-refractivity contribution is 7.96. The first-order valence-electron chi connectivity index (χ1n) is 8.43. The molecule has 0 radical (unpaired) electrons. The van der Waals surface area contributed by atoms with Crippen molar-refractivity contribution in [3.8, 4) is 0 Å². The normalized spacial score (nSPS) is 38.8. The zero-order chi connectivity index (χ0) is 17.4. The van der Waals surface area contributed by atoms with E-state index in [0.717, 1.165) is 19.3 Å². The lowest BCUT2D eigenvalue weighted by Gasteiger charge is -2.38. The van der Waals surface area contributed by atoms with Crippen molar-refractivity contribution in [3.63, 3.8) is 0 Å². The molecule has 1 heterocycles. The molecule has 0 unspecified atom stereocenters. The quantitative estimate of drug-likeness (QED) is 0.769. The summed E-state index contributed by atoms with van der Waals surface area (Å²) in [6, 6.07) is 8.53. The van der Waals surface area contributed by atoms with Crippen LogP contribution in [0.25, 0.3) is 0 Å². The van der Waals surface area contributed by atoms with Gasteiger partial charge in [0.2, 0.25) is 10.0 Å². The Morgan fingerprint density at radius 1 is 1.25 bits per heavy atom. The van der Waals surface area contributed by atoms with Crippen LogP contribution in [-0.2, 0) is 19.1 Å². The molecule has 1 aliphatic heterocycles. The van der Waals surface area contributed by atoms with E-state index < -0.39 is 17.5 Å². The average molecular weight is 369 g/mol. The SMILES string of the molecule is CO[P@](=O)(c1ccccc1)N1[C@H]2C[C@@H]3CC[C@@]2(CS1(=O)=O)C3(C)C. The monoisotopic (exact) mass is 369 g/mol. The molecule has 0 aromatic heterocycles. The second kappa shape index (κ2) is 4.94. The zero-order valence-electron chi connectivity index (χ0n) is 14.3. The molecule has 2 aliphatic carbocycles. The van der Waals surface area contributed by atoms with Crippen LogP contribution in [0.3, 0.4) is 0 Å². The van der Waals surface area contributed by atoms with Gasteiger partial charge >= 0.3 is 7.52 Å². The van der Waals surface area contributed by atoms with Crippen molar-refractivity contribution in [2.75, 3.05) is 12.9 Å². The molecule has 0 amide bonds. The van der Waals surface area contributed by atoms with Crippen LogP contribution < -0.4 is 5.30 Å². The number of sulfonamides is 1. The summed E-state index contributed by atoms with van der Waals surface area (Å²) in [5, 5.41) is 0.453. The van der Waals surface area contributed by atoms with Crippen molar-refractivity contribution in [2.45, 2.75) is 39.2 Å². The molecule has 1 aromatic carbocycles. The molecule has 2 saturated carbocycles. The standard InChI is InChI=1S/C17H24NO4PS/c1-16(2)13-9-10-17(16)12-24(20,21)18(15(17)11-13)23(19,22-3)14-7-5-4-6-8-14/h4-8,13,15H,9-12H2,1-3H3/t13-,15-,17-,23+/m0/s1. The molecule has 24 heavy (non-hydrogen) atoms. The van der Waals surface area contributed by atoms with Crippen LogP contribution in [0.1, 0.15) is 33.1 Å². The van der Waals surface area contributed by atoms with Crippen molar-refractivity contribution in [3.05, 3.63) is 30.3 Å². The van der Waals surface area contributed by atoms with Crippen LogP contribution in [0, 0.1) is 16.7 Å². The largest absolute Gasteiger partial charge is 0.317 e. The molecule has 1 saturated heterocycles. The summed E-state index contributed by atoms with van der Waals surface area (Å²) in [5.41, 5.74) is -0.353. The second-order valence-corrected chi connectivity index (χ2v) is 12.4. The van der Waals surface area contributed by atoms with Gasteiger partial charge in [0.05, 0.1) is 11.1 Å². The fraction of sp³-hybridized carbons (Fsp3) is 0.647. The Bertz CT molecular complexity index is 822. The summed E-state index contributed by atoms with van der Waals surface area (Å²) in [7, 11) is -5.92. The van der Waals surface area contributed by atoms with Gasteiger partial charge in [0.1, 0.15) is 0 Å². The highest BCUT2D eigenvalue weighted by atomic mass is 32.2. The second-order valence-electron chi connectivity index (χ2n) is 7.93. The Morgan fingerprint density at radius 2 is 1.92 bits per heavy atom. The van der Waals surface area contributed by atoms with E-state index in [2.05, 4.69) is 13.8 Å². The third-order valence-corrected chi connectivity index (χ3v) is 12.3. The Morgan fingerprint density at radius 3 is 2.50 bits per heavy atom. The first kappa shape index (κ1) is 16.8. The van der Waals surface area contributed by atoms with Gasteiger partial charge in [0.25, 0.3) is 0 Å². The third-order valence-electron chi connectivity index (χ3n) is 6.97. The van der Waals surface area contributed by atoms with Gasteiger partial charge < -0.3 is 4.52 Å². The minimum atomic E-state index is -3.64. The summed E-state index contributed by atoms with van der Waals surface area (Å²) in [6.07, 6.45) is 2.74. The van der Waals surface area contributed by atoms with Crippen LogP contribution in [-0.4, -0.2) is 31.4 Å². The number of benzene rings is 1. The molecule has 5 nitrogen and oxygen atoms in total. The van der Waals surface area contributed by atoms with E-state index in [0.29, 0.717) is 11.2 Å². The van der Waals surface area contributed by atoms with Gasteiger partial charge in [-0.05, 0) is 42.7 Å². The molecule has 7 heteroatoms. The third kappa shape index (κ3) is 1.83. The Balaban J connectivity index is 1.89. The first-order valence-corrected chi connectivity index (χ1v) is 11.6. The number of hydrogen-bond acceptors (Lipinski definition) is 4. The smallest absolute Gasteiger partial charge is 0.315 e. The van der Waals surface area contributed by atoms with Gasteiger partial charge in [-0.25, -0.2) is 8.42 Å². The highest BCUT2D eigenvalue weighted by Gasteiger charge is 2.74. The molecule has 132 valence electrons. The number of rotatable bonds is 3. The van der Waals surface area contributed by atoms with Gasteiger partial charge in [0.15, 0.2) is 0 Å². The number of fused-ring (bicyclic) bond motifs is 1. The Kier molecular flexibility index (Phi) is 3.45. The minimum absolute atomic E-state index is 0.0469. The molecule has 3 fully saturated rings. The predicted molar refractivity (Wildman–Crippen MR) is 93.7 cm³/mol. The van der Waals surface area contributed by atoms with Crippen LogP contribution in [0.15, 0.2) is 30.3 Å². The zero-order valence-corrected chi connectivity index (χ0v) is 16.0. The molecular weight excluding hydrogens is 345 g/mol. The van der Waals surface area contributed by atoms with E-state index in [1.807, 2.05) is 6.07 Å². The van der Waals surface area contributed by atoms with E-state index in [-0.39, 0.29) is 22.6 Å². The summed E-state index contributed by atoms with van der Waals surface area (Å²) in [4.78, 5) is 0. The summed E-state index contributed by atoms with van der Waals surface area (Å²) >= 11 is 0. The van der Waals surface area contributed by atoms with Crippen LogP contribution in [0.5, 0.6) is 0 Å². The maximum atomic E-state index is 13.8. The molecule has 1 spiro atoms. The molecule has 3 aliphatic rings. The predicted octanol–water partition coefficient (Wildman–Crippen LogP) is 2.99. The van der Waals surface area contributed by atoms with Crippen molar-refractivity contribution < 1.29 is 17.5 Å².